The molecule has 2 nitrogen and oxygen atoms in total. The predicted octanol–water partition coefficient (Wildman–Crippen LogP) is 5.11. The molecule has 0 atom stereocenters. The third-order valence-corrected chi connectivity index (χ3v) is 6.10. The first-order chi connectivity index (χ1) is 11.4. The van der Waals surface area contributed by atoms with Crippen LogP contribution in [0.3, 0.4) is 0 Å². The average molecular weight is 338 g/mol. The quantitative estimate of drug-likeness (QED) is 0.713. The van der Waals surface area contributed by atoms with Crippen LogP contribution < -0.4 is 4.74 Å². The van der Waals surface area contributed by atoms with Gasteiger partial charge in [-0.2, -0.15) is 13.2 Å². The van der Waals surface area contributed by atoms with Crippen molar-refractivity contribution in [2.24, 2.45) is 23.2 Å². The Kier molecular flexibility index (Phi) is 3.66. The minimum absolute atomic E-state index is 0.00494. The summed E-state index contributed by atoms with van der Waals surface area (Å²) in [4.78, 5) is 10.9. The Morgan fingerprint density at radius 1 is 1.04 bits per heavy atom. The van der Waals surface area contributed by atoms with Gasteiger partial charge in [0.25, 0.3) is 0 Å². The zero-order valence-electron chi connectivity index (χ0n) is 13.4. The molecule has 0 heterocycles. The second-order valence-electron chi connectivity index (χ2n) is 8.11. The van der Waals surface area contributed by atoms with Crippen LogP contribution in [0.1, 0.15) is 54.4 Å². The first kappa shape index (κ1) is 16.0. The molecule has 1 aromatic carbocycles. The zero-order valence-corrected chi connectivity index (χ0v) is 13.4. The number of hydrogen-bond acceptors (Lipinski definition) is 2. The number of benzene rings is 1. The van der Waals surface area contributed by atoms with E-state index in [4.69, 9.17) is 4.74 Å². The fourth-order valence-corrected chi connectivity index (χ4v) is 5.64. The molecule has 0 aromatic heterocycles. The lowest BCUT2D eigenvalue weighted by Crippen LogP contribution is -2.48. The molecule has 0 saturated heterocycles. The first-order valence-electron chi connectivity index (χ1n) is 8.65. The van der Waals surface area contributed by atoms with Gasteiger partial charge in [0.15, 0.2) is 0 Å². The van der Waals surface area contributed by atoms with Crippen LogP contribution in [0.25, 0.3) is 0 Å². The van der Waals surface area contributed by atoms with Gasteiger partial charge in [-0.05, 0) is 74.5 Å². The van der Waals surface area contributed by atoms with Crippen molar-refractivity contribution in [3.63, 3.8) is 0 Å². The van der Waals surface area contributed by atoms with Crippen molar-refractivity contribution < 1.29 is 22.7 Å². The van der Waals surface area contributed by atoms with Crippen molar-refractivity contribution >= 4 is 6.29 Å². The van der Waals surface area contributed by atoms with Gasteiger partial charge in [0.1, 0.15) is 12.0 Å². The molecular weight excluding hydrogens is 317 g/mol. The number of alkyl halides is 3. The first-order valence-corrected chi connectivity index (χ1v) is 8.65. The fourth-order valence-electron chi connectivity index (χ4n) is 5.64. The van der Waals surface area contributed by atoms with Crippen molar-refractivity contribution in [3.05, 3.63) is 29.3 Å². The van der Waals surface area contributed by atoms with Gasteiger partial charge in [0.2, 0.25) is 0 Å². The van der Waals surface area contributed by atoms with Crippen molar-refractivity contribution in [2.75, 3.05) is 6.61 Å². The Hall–Kier alpha value is -1.52. The van der Waals surface area contributed by atoms with Crippen molar-refractivity contribution in [1.82, 2.24) is 0 Å². The van der Waals surface area contributed by atoms with Gasteiger partial charge < -0.3 is 4.74 Å². The van der Waals surface area contributed by atoms with Crippen LogP contribution in [0.4, 0.5) is 13.2 Å². The van der Waals surface area contributed by atoms with E-state index >= 15 is 0 Å². The summed E-state index contributed by atoms with van der Waals surface area (Å²) in [5, 5.41) is 0. The lowest BCUT2D eigenvalue weighted by molar-refractivity contribution is -0.137. The Bertz CT molecular complexity index is 615. The molecule has 4 saturated carbocycles. The second kappa shape index (κ2) is 5.50. The molecule has 1 aromatic rings. The summed E-state index contributed by atoms with van der Waals surface area (Å²) in [7, 11) is 0. The molecule has 0 radical (unpaired) electrons. The summed E-state index contributed by atoms with van der Waals surface area (Å²) in [6.45, 7) is 0.468. The van der Waals surface area contributed by atoms with Gasteiger partial charge in [0, 0.05) is 11.0 Å². The molecule has 5 heteroatoms. The lowest BCUT2D eigenvalue weighted by Gasteiger charge is -2.56. The van der Waals surface area contributed by atoms with E-state index in [1.54, 1.807) is 0 Å². The Labute approximate surface area is 139 Å². The maximum absolute atomic E-state index is 13.0. The molecule has 4 bridgehead atoms. The highest BCUT2D eigenvalue weighted by atomic mass is 19.4. The normalized spacial score (nSPS) is 34.4. The van der Waals surface area contributed by atoms with E-state index in [9.17, 15) is 18.0 Å². The van der Waals surface area contributed by atoms with Crippen LogP contribution >= 0.6 is 0 Å². The van der Waals surface area contributed by atoms with Crippen molar-refractivity contribution in [3.8, 4) is 5.75 Å². The summed E-state index contributed by atoms with van der Waals surface area (Å²) in [5.41, 5.74) is -0.692. The van der Waals surface area contributed by atoms with Gasteiger partial charge in [0.05, 0.1) is 12.2 Å². The molecule has 5 rings (SSSR count). The molecule has 0 aliphatic heterocycles. The molecule has 0 unspecified atom stereocenters. The Morgan fingerprint density at radius 3 is 2.12 bits per heavy atom. The van der Waals surface area contributed by atoms with Crippen LogP contribution in [0.5, 0.6) is 5.75 Å². The van der Waals surface area contributed by atoms with Crippen LogP contribution in [0.2, 0.25) is 0 Å². The number of ether oxygens (including phenoxy) is 1. The third kappa shape index (κ3) is 2.93. The number of hydrogen-bond donors (Lipinski definition) is 0. The predicted molar refractivity (Wildman–Crippen MR) is 82.9 cm³/mol. The smallest absolute Gasteiger partial charge is 0.416 e. The molecule has 130 valence electrons. The molecule has 4 fully saturated rings. The Morgan fingerprint density at radius 2 is 1.62 bits per heavy atom. The van der Waals surface area contributed by atoms with E-state index in [1.807, 2.05) is 0 Å². The maximum Gasteiger partial charge on any atom is 0.416 e. The second-order valence-corrected chi connectivity index (χ2v) is 8.11. The van der Waals surface area contributed by atoms with Gasteiger partial charge in [-0.1, -0.05) is 0 Å². The van der Waals surface area contributed by atoms with Crippen LogP contribution in [0, 0.1) is 23.2 Å². The number of carbonyl (C=O) groups is 1. The standard InChI is InChI=1S/C19H21F3O2/c20-19(21,22)16-4-15(10-23)5-17(6-16)24-11-18-7-12-1-13(8-18)3-14(2-12)9-18/h4-6,10,12-14H,1-3,7-9,11H2. The zero-order chi connectivity index (χ0) is 16.9. The van der Waals surface area contributed by atoms with E-state index in [1.165, 1.54) is 25.3 Å². The van der Waals surface area contributed by atoms with Crippen LogP contribution in [-0.4, -0.2) is 12.9 Å². The number of halogens is 3. The molecule has 0 amide bonds. The minimum atomic E-state index is -4.47. The molecular formula is C19H21F3O2. The van der Waals surface area contributed by atoms with Crippen molar-refractivity contribution in [1.29, 1.82) is 0 Å². The van der Waals surface area contributed by atoms with E-state index in [0.717, 1.165) is 49.1 Å². The summed E-state index contributed by atoms with van der Waals surface area (Å²) >= 11 is 0. The molecule has 4 aliphatic rings. The SMILES string of the molecule is O=Cc1cc(OCC23CC4CC(CC(C4)C2)C3)cc(C(F)(F)F)c1. The topological polar surface area (TPSA) is 26.3 Å². The van der Waals surface area contributed by atoms with Gasteiger partial charge in [-0.3, -0.25) is 4.79 Å². The monoisotopic (exact) mass is 338 g/mol. The average Bonchev–Trinajstić information content (AvgIpc) is 2.50. The molecule has 0 N–H and O–H groups in total. The highest BCUT2D eigenvalue weighted by Crippen LogP contribution is 2.60. The molecule has 24 heavy (non-hydrogen) atoms. The number of aldehydes is 1. The summed E-state index contributed by atoms with van der Waals surface area (Å²) < 4.78 is 44.7. The fraction of sp³-hybridized carbons (Fsp3) is 0.632. The molecule has 0 spiro atoms. The maximum atomic E-state index is 13.0. The van der Waals surface area contributed by atoms with Gasteiger partial charge in [-0.15, -0.1) is 0 Å². The summed E-state index contributed by atoms with van der Waals surface area (Å²) in [6.07, 6.45) is 3.33. The van der Waals surface area contributed by atoms with Crippen molar-refractivity contribution in [2.45, 2.75) is 44.7 Å². The van der Waals surface area contributed by atoms with E-state index in [-0.39, 0.29) is 16.7 Å². The summed E-state index contributed by atoms with van der Waals surface area (Å²) in [5.74, 6) is 2.47. The molecule has 4 aliphatic carbocycles. The van der Waals surface area contributed by atoms with Crippen LogP contribution in [0.15, 0.2) is 18.2 Å². The lowest BCUT2D eigenvalue weighted by atomic mass is 9.50. The third-order valence-electron chi connectivity index (χ3n) is 6.10. The summed E-state index contributed by atoms with van der Waals surface area (Å²) in [6, 6.07) is 3.28. The highest BCUT2D eigenvalue weighted by Gasteiger charge is 2.51. The Balaban J connectivity index is 1.53. The number of carbonyl (C=O) groups excluding carboxylic acids is 1. The van der Waals surface area contributed by atoms with E-state index < -0.39 is 11.7 Å². The van der Waals surface area contributed by atoms with E-state index in [2.05, 4.69) is 0 Å². The largest absolute Gasteiger partial charge is 0.493 e. The van der Waals surface area contributed by atoms with E-state index in [0.29, 0.717) is 12.9 Å². The highest BCUT2D eigenvalue weighted by molar-refractivity contribution is 5.76. The van der Waals surface area contributed by atoms with Gasteiger partial charge >= 0.3 is 6.18 Å². The minimum Gasteiger partial charge on any atom is -0.493 e. The van der Waals surface area contributed by atoms with Crippen LogP contribution in [-0.2, 0) is 6.18 Å². The van der Waals surface area contributed by atoms with Gasteiger partial charge in [-0.25, -0.2) is 0 Å². The number of rotatable bonds is 4.